The monoisotopic (exact) mass is 362 g/mol. The minimum absolute atomic E-state index is 0.284. The standard InChI is InChI=1S/C15H15FN6O2S/c1-8-6-12(21-24-8)18-14(23)9(2)25-15-20-19-13(22(15)17)10-4-3-5-11(16)7-10/h3-7,9H,17H2,1-2H3,(H,18,21,23)/t9-/m0/s1. The molecule has 2 aromatic heterocycles. The minimum Gasteiger partial charge on any atom is -0.360 e. The number of anilines is 1. The van der Waals surface area contributed by atoms with Crippen molar-refractivity contribution in [3.63, 3.8) is 0 Å². The fourth-order valence-corrected chi connectivity index (χ4v) is 2.82. The number of amides is 1. The Labute approximate surface area is 146 Å². The maximum absolute atomic E-state index is 13.3. The number of nitrogens with one attached hydrogen (secondary N) is 1. The molecular formula is C15H15FN6O2S. The van der Waals surface area contributed by atoms with Gasteiger partial charge in [0, 0.05) is 11.6 Å². The third-order valence-corrected chi connectivity index (χ3v) is 4.33. The number of rotatable bonds is 5. The van der Waals surface area contributed by atoms with Gasteiger partial charge in [0.2, 0.25) is 11.1 Å². The number of thioether (sulfide) groups is 1. The second-order valence-electron chi connectivity index (χ2n) is 5.26. The van der Waals surface area contributed by atoms with Gasteiger partial charge in [-0.1, -0.05) is 29.1 Å². The van der Waals surface area contributed by atoms with Crippen molar-refractivity contribution >= 4 is 23.5 Å². The molecule has 0 aliphatic carbocycles. The van der Waals surface area contributed by atoms with Crippen LogP contribution >= 0.6 is 11.8 Å². The molecule has 0 radical (unpaired) electrons. The highest BCUT2D eigenvalue weighted by Gasteiger charge is 2.21. The first-order valence-electron chi connectivity index (χ1n) is 7.31. The van der Waals surface area contributed by atoms with Gasteiger partial charge < -0.3 is 15.7 Å². The molecule has 0 bridgehead atoms. The fourth-order valence-electron chi connectivity index (χ4n) is 2.05. The number of benzene rings is 1. The van der Waals surface area contributed by atoms with E-state index in [1.807, 2.05) is 0 Å². The Balaban J connectivity index is 1.71. The average molecular weight is 362 g/mol. The lowest BCUT2D eigenvalue weighted by atomic mass is 10.2. The zero-order valence-electron chi connectivity index (χ0n) is 13.4. The van der Waals surface area contributed by atoms with Crippen molar-refractivity contribution in [1.82, 2.24) is 20.0 Å². The molecule has 0 unspecified atom stereocenters. The van der Waals surface area contributed by atoms with Crippen LogP contribution in [0.2, 0.25) is 0 Å². The normalized spacial score (nSPS) is 12.1. The first-order valence-corrected chi connectivity index (χ1v) is 8.19. The van der Waals surface area contributed by atoms with E-state index in [4.69, 9.17) is 10.4 Å². The number of hydrogen-bond donors (Lipinski definition) is 2. The van der Waals surface area contributed by atoms with Crippen LogP contribution < -0.4 is 11.2 Å². The Bertz CT molecular complexity index is 909. The first kappa shape index (κ1) is 17.0. The van der Waals surface area contributed by atoms with Gasteiger partial charge in [-0.2, -0.15) is 0 Å². The summed E-state index contributed by atoms with van der Waals surface area (Å²) in [4.78, 5) is 12.2. The SMILES string of the molecule is Cc1cc(NC(=O)[C@H](C)Sc2nnc(-c3cccc(F)c3)n2N)no1. The highest BCUT2D eigenvalue weighted by Crippen LogP contribution is 2.25. The third-order valence-electron chi connectivity index (χ3n) is 3.28. The highest BCUT2D eigenvalue weighted by atomic mass is 32.2. The molecule has 1 amide bonds. The maximum atomic E-state index is 13.3. The van der Waals surface area contributed by atoms with Crippen molar-refractivity contribution in [2.75, 3.05) is 11.2 Å². The van der Waals surface area contributed by atoms with Crippen LogP contribution in [0.25, 0.3) is 11.4 Å². The quantitative estimate of drug-likeness (QED) is 0.528. The second kappa shape index (κ2) is 6.93. The zero-order valence-corrected chi connectivity index (χ0v) is 14.2. The van der Waals surface area contributed by atoms with Crippen molar-refractivity contribution < 1.29 is 13.7 Å². The van der Waals surface area contributed by atoms with Gasteiger partial charge in [-0.05, 0) is 26.0 Å². The van der Waals surface area contributed by atoms with Crippen molar-refractivity contribution in [1.29, 1.82) is 0 Å². The Morgan fingerprint density at radius 2 is 2.20 bits per heavy atom. The molecule has 0 fully saturated rings. The van der Waals surface area contributed by atoms with E-state index in [0.717, 1.165) is 11.8 Å². The largest absolute Gasteiger partial charge is 0.360 e. The first-order chi connectivity index (χ1) is 11.9. The molecule has 0 aliphatic heterocycles. The summed E-state index contributed by atoms with van der Waals surface area (Å²) >= 11 is 1.12. The molecule has 3 N–H and O–H groups in total. The van der Waals surface area contributed by atoms with E-state index in [1.165, 1.54) is 16.8 Å². The topological polar surface area (TPSA) is 112 Å². The summed E-state index contributed by atoms with van der Waals surface area (Å²) in [6.07, 6.45) is 0. The van der Waals surface area contributed by atoms with Gasteiger partial charge >= 0.3 is 0 Å². The molecule has 0 saturated heterocycles. The van der Waals surface area contributed by atoms with E-state index < -0.39 is 11.1 Å². The number of hydrogen-bond acceptors (Lipinski definition) is 7. The van der Waals surface area contributed by atoms with Crippen LogP contribution in [0.5, 0.6) is 0 Å². The molecule has 130 valence electrons. The Morgan fingerprint density at radius 1 is 1.40 bits per heavy atom. The maximum Gasteiger partial charge on any atom is 0.238 e. The van der Waals surface area contributed by atoms with Crippen LogP contribution in [-0.4, -0.2) is 31.2 Å². The second-order valence-corrected chi connectivity index (χ2v) is 6.57. The lowest BCUT2D eigenvalue weighted by Crippen LogP contribution is -2.23. The molecule has 10 heteroatoms. The molecule has 0 aliphatic rings. The van der Waals surface area contributed by atoms with E-state index in [-0.39, 0.29) is 5.91 Å². The number of carbonyl (C=O) groups excluding carboxylic acids is 1. The van der Waals surface area contributed by atoms with Crippen LogP contribution in [0.15, 0.2) is 40.0 Å². The van der Waals surface area contributed by atoms with Gasteiger partial charge in [-0.3, -0.25) is 4.79 Å². The number of halogens is 1. The third kappa shape index (κ3) is 3.79. The van der Waals surface area contributed by atoms with E-state index in [0.29, 0.717) is 28.1 Å². The molecule has 0 spiro atoms. The Kier molecular flexibility index (Phi) is 4.70. The number of nitrogens with two attached hydrogens (primary N) is 1. The molecular weight excluding hydrogens is 347 g/mol. The van der Waals surface area contributed by atoms with Crippen LogP contribution in [0.1, 0.15) is 12.7 Å². The number of nitrogen functional groups attached to an aromatic ring is 1. The summed E-state index contributed by atoms with van der Waals surface area (Å²) in [5.41, 5.74) is 0.497. The zero-order chi connectivity index (χ0) is 18.0. The molecule has 1 atom stereocenters. The molecule has 1 aromatic carbocycles. The predicted molar refractivity (Wildman–Crippen MR) is 90.8 cm³/mol. The van der Waals surface area contributed by atoms with Gasteiger partial charge in [0.15, 0.2) is 11.6 Å². The van der Waals surface area contributed by atoms with Gasteiger partial charge in [0.05, 0.1) is 5.25 Å². The van der Waals surface area contributed by atoms with Crippen LogP contribution in [0.3, 0.4) is 0 Å². The summed E-state index contributed by atoms with van der Waals surface area (Å²) in [5.74, 6) is 6.54. The summed E-state index contributed by atoms with van der Waals surface area (Å²) in [5, 5.41) is 14.1. The van der Waals surface area contributed by atoms with Gasteiger partial charge in [0.25, 0.3) is 0 Å². The lowest BCUT2D eigenvalue weighted by Gasteiger charge is -2.09. The van der Waals surface area contributed by atoms with Crippen LogP contribution in [0.4, 0.5) is 10.2 Å². The number of carbonyl (C=O) groups is 1. The van der Waals surface area contributed by atoms with E-state index in [9.17, 15) is 9.18 Å². The van der Waals surface area contributed by atoms with Crippen LogP contribution in [0, 0.1) is 12.7 Å². The minimum atomic E-state index is -0.510. The predicted octanol–water partition coefficient (Wildman–Crippen LogP) is 2.21. The van der Waals surface area contributed by atoms with Crippen molar-refractivity contribution in [2.24, 2.45) is 0 Å². The van der Waals surface area contributed by atoms with Gasteiger partial charge in [-0.15, -0.1) is 10.2 Å². The summed E-state index contributed by atoms with van der Waals surface area (Å²) < 4.78 is 19.5. The van der Waals surface area contributed by atoms with E-state index >= 15 is 0 Å². The van der Waals surface area contributed by atoms with Crippen molar-refractivity contribution in [2.45, 2.75) is 24.3 Å². The lowest BCUT2D eigenvalue weighted by molar-refractivity contribution is -0.115. The Morgan fingerprint density at radius 3 is 2.88 bits per heavy atom. The molecule has 25 heavy (non-hydrogen) atoms. The summed E-state index contributed by atoms with van der Waals surface area (Å²) in [6.45, 7) is 3.43. The number of aryl methyl sites for hydroxylation is 1. The van der Waals surface area contributed by atoms with E-state index in [2.05, 4.69) is 20.7 Å². The Hall–Kier alpha value is -2.88. The molecule has 8 nitrogen and oxygen atoms in total. The van der Waals surface area contributed by atoms with Crippen molar-refractivity contribution in [3.05, 3.63) is 41.9 Å². The number of aromatic nitrogens is 4. The van der Waals surface area contributed by atoms with E-state index in [1.54, 1.807) is 32.0 Å². The fraction of sp³-hybridized carbons (Fsp3) is 0.200. The van der Waals surface area contributed by atoms with Gasteiger partial charge in [0.1, 0.15) is 11.6 Å². The van der Waals surface area contributed by atoms with Gasteiger partial charge in [-0.25, -0.2) is 9.07 Å². The average Bonchev–Trinajstić information content (AvgIpc) is 3.14. The molecule has 3 aromatic rings. The molecule has 3 rings (SSSR count). The molecule has 0 saturated carbocycles. The number of nitrogens with zero attached hydrogens (tertiary/aromatic N) is 4. The smallest absolute Gasteiger partial charge is 0.238 e. The summed E-state index contributed by atoms with van der Waals surface area (Å²) in [7, 11) is 0. The highest BCUT2D eigenvalue weighted by molar-refractivity contribution is 8.00. The molecule has 2 heterocycles. The van der Waals surface area contributed by atoms with Crippen LogP contribution in [-0.2, 0) is 4.79 Å². The summed E-state index contributed by atoms with van der Waals surface area (Å²) in [6, 6.07) is 7.48. The van der Waals surface area contributed by atoms with Crippen molar-refractivity contribution in [3.8, 4) is 11.4 Å².